The average molecular weight is 477 g/mol. The van der Waals surface area contributed by atoms with E-state index in [1.165, 1.54) is 11.3 Å². The number of benzene rings is 1. The van der Waals surface area contributed by atoms with Gasteiger partial charge in [0.05, 0.1) is 9.77 Å². The van der Waals surface area contributed by atoms with Crippen LogP contribution in [0, 0.1) is 6.92 Å². The predicted octanol–water partition coefficient (Wildman–Crippen LogP) is 3.34. The molecule has 7 nitrogen and oxygen atoms in total. The van der Waals surface area contributed by atoms with Gasteiger partial charge >= 0.3 is 0 Å². The van der Waals surface area contributed by atoms with Crippen molar-refractivity contribution in [3.63, 3.8) is 0 Å². The summed E-state index contributed by atoms with van der Waals surface area (Å²) in [5, 5.41) is 0. The summed E-state index contributed by atoms with van der Waals surface area (Å²) in [6.45, 7) is 2.83. The number of sulfonamides is 1. The summed E-state index contributed by atoms with van der Waals surface area (Å²) in [5.74, 6) is -0.240. The van der Waals surface area contributed by atoms with Crippen LogP contribution < -0.4 is 4.72 Å². The largest absolute Gasteiger partial charge is 0.343 e. The Balaban J connectivity index is 1.37. The van der Waals surface area contributed by atoms with Crippen molar-refractivity contribution in [1.82, 2.24) is 9.62 Å². The number of nitrogens with zero attached hydrogens (tertiary/aromatic N) is 1. The first-order valence-electron chi connectivity index (χ1n) is 10.7. The van der Waals surface area contributed by atoms with Crippen molar-refractivity contribution in [2.24, 2.45) is 0 Å². The van der Waals surface area contributed by atoms with E-state index in [1.54, 1.807) is 41.3 Å². The molecule has 1 aromatic carbocycles. The molecule has 1 aromatic heterocycles. The summed E-state index contributed by atoms with van der Waals surface area (Å²) in [6.07, 6.45) is 1.61. The summed E-state index contributed by atoms with van der Waals surface area (Å²) in [4.78, 5) is 40.3. The van der Waals surface area contributed by atoms with Crippen LogP contribution in [0.15, 0.2) is 47.4 Å². The maximum atomic E-state index is 12.4. The molecule has 1 aliphatic rings. The van der Waals surface area contributed by atoms with E-state index in [2.05, 4.69) is 4.72 Å². The zero-order valence-corrected chi connectivity index (χ0v) is 19.7. The Kier molecular flexibility index (Phi) is 8.33. The summed E-state index contributed by atoms with van der Waals surface area (Å²) in [5.41, 5.74) is 0. The van der Waals surface area contributed by atoms with Crippen molar-refractivity contribution in [1.29, 1.82) is 0 Å². The summed E-state index contributed by atoms with van der Waals surface area (Å²) in [7, 11) is -3.58. The molecule has 32 heavy (non-hydrogen) atoms. The fraction of sp³-hybridized carbons (Fsp3) is 0.435. The third-order valence-corrected chi connectivity index (χ3v) is 8.06. The topological polar surface area (TPSA) is 101 Å². The normalized spacial score (nSPS) is 15.0. The first-order valence-corrected chi connectivity index (χ1v) is 13.0. The molecule has 9 heteroatoms. The number of Topliss-reactive ketones (excluding diaryl/α,β-unsaturated/α-hetero) is 2. The quantitative estimate of drug-likeness (QED) is 0.530. The lowest BCUT2D eigenvalue weighted by atomic mass is 10.0. The molecule has 0 bridgehead atoms. The van der Waals surface area contributed by atoms with Gasteiger partial charge in [-0.2, -0.15) is 0 Å². The summed E-state index contributed by atoms with van der Waals surface area (Å²) in [6, 6.07) is 11.6. The van der Waals surface area contributed by atoms with Crippen LogP contribution >= 0.6 is 11.3 Å². The minimum Gasteiger partial charge on any atom is -0.343 e. The van der Waals surface area contributed by atoms with Crippen molar-refractivity contribution in [2.75, 3.05) is 13.1 Å². The molecule has 0 spiro atoms. The smallest absolute Gasteiger partial charge is 0.240 e. The molecule has 0 atom stereocenters. The van der Waals surface area contributed by atoms with Crippen LogP contribution in [0.5, 0.6) is 0 Å². The molecule has 1 N–H and O–H groups in total. The molecule has 0 saturated carbocycles. The minimum atomic E-state index is -3.58. The zero-order chi connectivity index (χ0) is 23.1. The SMILES string of the molecule is Cc1ccc(C(=O)CCC(=O)CCC(=O)N2CCC(NS(=O)(=O)c3ccccc3)CC2)s1. The lowest BCUT2D eigenvalue weighted by molar-refractivity contribution is -0.134. The number of ketones is 2. The first kappa shape index (κ1) is 24.3. The molecular weight excluding hydrogens is 448 g/mol. The van der Waals surface area contributed by atoms with Gasteiger partial charge in [0.1, 0.15) is 5.78 Å². The van der Waals surface area contributed by atoms with E-state index in [4.69, 9.17) is 0 Å². The van der Waals surface area contributed by atoms with Gasteiger partial charge in [-0.3, -0.25) is 14.4 Å². The van der Waals surface area contributed by atoms with E-state index in [0.29, 0.717) is 30.8 Å². The molecular formula is C23H28N2O5S2. The van der Waals surface area contributed by atoms with Gasteiger partial charge in [0.2, 0.25) is 15.9 Å². The molecule has 0 unspecified atom stereocenters. The Morgan fingerprint density at radius 3 is 2.25 bits per heavy atom. The Morgan fingerprint density at radius 2 is 1.62 bits per heavy atom. The number of hydrogen-bond acceptors (Lipinski definition) is 6. The number of thiophene rings is 1. The highest BCUT2D eigenvalue weighted by atomic mass is 32.2. The van der Waals surface area contributed by atoms with Crippen molar-refractivity contribution in [3.8, 4) is 0 Å². The van der Waals surface area contributed by atoms with Gasteiger partial charge in [0.15, 0.2) is 5.78 Å². The Labute approximate surface area is 192 Å². The van der Waals surface area contributed by atoms with Gasteiger partial charge < -0.3 is 4.90 Å². The van der Waals surface area contributed by atoms with Crippen molar-refractivity contribution in [3.05, 3.63) is 52.2 Å². The number of hydrogen-bond donors (Lipinski definition) is 1. The predicted molar refractivity (Wildman–Crippen MR) is 123 cm³/mol. The number of aryl methyl sites for hydroxylation is 1. The number of carbonyl (C=O) groups excluding carboxylic acids is 3. The van der Waals surface area contributed by atoms with Crippen LogP contribution in [0.4, 0.5) is 0 Å². The van der Waals surface area contributed by atoms with Crippen LogP contribution in [0.1, 0.15) is 53.1 Å². The lowest BCUT2D eigenvalue weighted by Gasteiger charge is -2.32. The molecule has 2 heterocycles. The average Bonchev–Trinajstić information content (AvgIpc) is 3.23. The van der Waals surface area contributed by atoms with Gasteiger partial charge in [0, 0.05) is 49.7 Å². The Morgan fingerprint density at radius 1 is 0.969 bits per heavy atom. The molecule has 1 amide bonds. The van der Waals surface area contributed by atoms with Crippen LogP contribution in [0.3, 0.4) is 0 Å². The molecule has 1 aliphatic heterocycles. The van der Waals surface area contributed by atoms with E-state index in [9.17, 15) is 22.8 Å². The first-order chi connectivity index (χ1) is 15.2. The molecule has 3 rings (SSSR count). The number of amides is 1. The third kappa shape index (κ3) is 6.82. The number of nitrogens with one attached hydrogen (secondary N) is 1. The second-order valence-electron chi connectivity index (χ2n) is 7.96. The molecule has 0 radical (unpaired) electrons. The number of likely N-dealkylation sites (tertiary alicyclic amines) is 1. The monoisotopic (exact) mass is 476 g/mol. The number of rotatable bonds is 10. The molecule has 2 aromatic rings. The van der Waals surface area contributed by atoms with Gasteiger partial charge in [0.25, 0.3) is 0 Å². The van der Waals surface area contributed by atoms with Crippen LogP contribution in [-0.4, -0.2) is 49.9 Å². The minimum absolute atomic E-state index is 0.0391. The Bertz CT molecular complexity index is 1060. The molecule has 172 valence electrons. The van der Waals surface area contributed by atoms with Gasteiger partial charge in [-0.25, -0.2) is 13.1 Å². The molecule has 0 aliphatic carbocycles. The molecule has 1 saturated heterocycles. The molecule has 1 fully saturated rings. The lowest BCUT2D eigenvalue weighted by Crippen LogP contribution is -2.46. The third-order valence-electron chi connectivity index (χ3n) is 5.49. The van der Waals surface area contributed by atoms with E-state index in [0.717, 1.165) is 4.88 Å². The van der Waals surface area contributed by atoms with E-state index in [1.807, 2.05) is 13.0 Å². The van der Waals surface area contributed by atoms with Crippen molar-refractivity contribution >= 4 is 38.8 Å². The van der Waals surface area contributed by atoms with E-state index >= 15 is 0 Å². The highest BCUT2D eigenvalue weighted by molar-refractivity contribution is 7.89. The van der Waals surface area contributed by atoms with Gasteiger partial charge in [-0.05, 0) is 44.0 Å². The van der Waals surface area contributed by atoms with Crippen LogP contribution in [0.25, 0.3) is 0 Å². The Hall–Kier alpha value is -2.36. The second-order valence-corrected chi connectivity index (χ2v) is 11.0. The summed E-state index contributed by atoms with van der Waals surface area (Å²) >= 11 is 1.42. The summed E-state index contributed by atoms with van der Waals surface area (Å²) < 4.78 is 27.6. The number of piperidine rings is 1. The van der Waals surface area contributed by atoms with Gasteiger partial charge in [-0.15, -0.1) is 11.3 Å². The second kappa shape index (κ2) is 11.0. The highest BCUT2D eigenvalue weighted by Gasteiger charge is 2.26. The highest BCUT2D eigenvalue weighted by Crippen LogP contribution is 2.19. The maximum absolute atomic E-state index is 12.4. The standard InChI is InChI=1S/C23H28N2O5S2/c1-17-7-11-22(31-17)21(27)10-8-19(26)9-12-23(28)25-15-13-18(14-16-25)24-32(29,30)20-5-3-2-4-6-20/h2-7,11,18,24H,8-10,12-16H2,1H3. The van der Waals surface area contributed by atoms with E-state index in [-0.39, 0.29) is 54.1 Å². The van der Waals surface area contributed by atoms with Crippen LogP contribution in [0.2, 0.25) is 0 Å². The number of carbonyl (C=O) groups is 3. The fourth-order valence-corrected chi connectivity index (χ4v) is 5.78. The van der Waals surface area contributed by atoms with Gasteiger partial charge in [-0.1, -0.05) is 18.2 Å². The van der Waals surface area contributed by atoms with E-state index < -0.39 is 10.0 Å². The van der Waals surface area contributed by atoms with Crippen molar-refractivity contribution < 1.29 is 22.8 Å². The fourth-order valence-electron chi connectivity index (χ4n) is 3.62. The maximum Gasteiger partial charge on any atom is 0.240 e. The zero-order valence-electron chi connectivity index (χ0n) is 18.1. The van der Waals surface area contributed by atoms with Crippen molar-refractivity contribution in [2.45, 2.75) is 56.4 Å². The van der Waals surface area contributed by atoms with Crippen LogP contribution in [-0.2, 0) is 19.6 Å².